The second-order valence-corrected chi connectivity index (χ2v) is 9.03. The molecule has 2 N–H and O–H groups in total. The van der Waals surface area contributed by atoms with E-state index in [9.17, 15) is 18.0 Å². The number of aryl methyl sites for hydroxylation is 1. The van der Waals surface area contributed by atoms with Gasteiger partial charge in [0.1, 0.15) is 12.0 Å². The van der Waals surface area contributed by atoms with E-state index in [0.717, 1.165) is 0 Å². The summed E-state index contributed by atoms with van der Waals surface area (Å²) in [5.41, 5.74) is 1.29. The van der Waals surface area contributed by atoms with Crippen LogP contribution >= 0.6 is 0 Å². The summed E-state index contributed by atoms with van der Waals surface area (Å²) < 4.78 is 38.4. The van der Waals surface area contributed by atoms with Gasteiger partial charge in [-0.2, -0.15) is 4.31 Å². The molecule has 0 aliphatic carbocycles. The molecule has 1 aliphatic heterocycles. The number of ether oxygens (including phenoxy) is 2. The molecule has 172 valence electrons. The summed E-state index contributed by atoms with van der Waals surface area (Å²) >= 11 is 0. The molecule has 1 fully saturated rings. The Labute approximate surface area is 187 Å². The second-order valence-electron chi connectivity index (χ2n) is 7.14. The highest BCUT2D eigenvalue weighted by molar-refractivity contribution is 7.89. The monoisotopic (exact) mass is 462 g/mol. The number of sulfonamides is 1. The lowest BCUT2D eigenvalue weighted by Crippen LogP contribution is -2.53. The van der Waals surface area contributed by atoms with Crippen LogP contribution < -0.4 is 15.4 Å². The van der Waals surface area contributed by atoms with E-state index < -0.39 is 28.1 Å². The van der Waals surface area contributed by atoms with Gasteiger partial charge >= 0.3 is 11.8 Å². The average Bonchev–Trinajstić information content (AvgIpc) is 2.81. The highest BCUT2D eigenvalue weighted by Gasteiger charge is 2.35. The van der Waals surface area contributed by atoms with Crippen molar-refractivity contribution in [3.63, 3.8) is 0 Å². The van der Waals surface area contributed by atoms with Crippen LogP contribution in [-0.4, -0.2) is 62.6 Å². The molecule has 0 bridgehead atoms. The quantitative estimate of drug-likeness (QED) is 0.576. The number of pyridine rings is 1. The normalized spacial score (nSPS) is 16.9. The van der Waals surface area contributed by atoms with Crippen molar-refractivity contribution in [2.45, 2.75) is 31.0 Å². The maximum atomic E-state index is 13.2. The van der Waals surface area contributed by atoms with E-state index >= 15 is 0 Å². The van der Waals surface area contributed by atoms with Crippen LogP contribution in [0.25, 0.3) is 0 Å². The lowest BCUT2D eigenvalue weighted by Gasteiger charge is -2.34. The minimum atomic E-state index is -3.88. The van der Waals surface area contributed by atoms with Crippen LogP contribution in [0.3, 0.4) is 0 Å². The maximum absolute atomic E-state index is 13.2. The largest absolute Gasteiger partial charge is 0.496 e. The molecule has 1 aromatic heterocycles. The van der Waals surface area contributed by atoms with Crippen LogP contribution in [0.2, 0.25) is 0 Å². The zero-order valence-corrected chi connectivity index (χ0v) is 18.7. The molecule has 0 spiro atoms. The fraction of sp³-hybridized carbons (Fsp3) is 0.381. The third-order valence-electron chi connectivity index (χ3n) is 4.93. The van der Waals surface area contributed by atoms with Crippen molar-refractivity contribution in [3.8, 4) is 5.75 Å². The van der Waals surface area contributed by atoms with Crippen LogP contribution in [-0.2, 0) is 30.9 Å². The zero-order valence-electron chi connectivity index (χ0n) is 17.9. The number of rotatable bonds is 7. The summed E-state index contributed by atoms with van der Waals surface area (Å²) in [6.07, 6.45) is 1.17. The van der Waals surface area contributed by atoms with E-state index in [4.69, 9.17) is 9.47 Å². The van der Waals surface area contributed by atoms with Crippen LogP contribution in [0.4, 0.5) is 0 Å². The lowest BCUT2D eigenvalue weighted by molar-refractivity contribution is -0.140. The number of carbonyl (C=O) groups is 2. The van der Waals surface area contributed by atoms with Crippen molar-refractivity contribution in [3.05, 3.63) is 53.9 Å². The predicted molar refractivity (Wildman–Crippen MR) is 115 cm³/mol. The first-order valence-corrected chi connectivity index (χ1v) is 11.5. The average molecular weight is 463 g/mol. The number of aromatic nitrogens is 1. The van der Waals surface area contributed by atoms with E-state index in [1.165, 1.54) is 23.5 Å². The smallest absolute Gasteiger partial charge is 0.309 e. The zero-order chi connectivity index (χ0) is 23.1. The number of hydrogen-bond donors (Lipinski definition) is 2. The Morgan fingerprint density at radius 2 is 2.00 bits per heavy atom. The van der Waals surface area contributed by atoms with Crippen molar-refractivity contribution < 1.29 is 27.5 Å². The van der Waals surface area contributed by atoms with Gasteiger partial charge in [-0.1, -0.05) is 6.07 Å². The first-order valence-electron chi connectivity index (χ1n) is 10.1. The van der Waals surface area contributed by atoms with Crippen LogP contribution in [0, 0.1) is 6.92 Å². The highest BCUT2D eigenvalue weighted by atomic mass is 32.2. The van der Waals surface area contributed by atoms with Crippen molar-refractivity contribution in [1.82, 2.24) is 19.9 Å². The van der Waals surface area contributed by atoms with Gasteiger partial charge in [-0.25, -0.2) is 8.42 Å². The first kappa shape index (κ1) is 23.6. The Kier molecular flexibility index (Phi) is 7.78. The standard InChI is InChI=1S/C21H26N4O6S/c1-15-12-17(7-8-18(15)30-2)32(28,29)25-10-5-11-31-19(25)14-24-21(27)20(26)23-13-16-6-3-4-9-22-16/h3-4,6-9,12,19H,5,10-11,13-14H2,1-2H3,(H,23,26)(H,24,27)/t19-/m1/s1. The molecule has 0 unspecified atom stereocenters. The Morgan fingerprint density at radius 1 is 1.22 bits per heavy atom. The highest BCUT2D eigenvalue weighted by Crippen LogP contribution is 2.26. The van der Waals surface area contributed by atoms with Crippen molar-refractivity contribution in [2.75, 3.05) is 26.8 Å². The Bertz CT molecular complexity index is 1060. The van der Waals surface area contributed by atoms with Crippen molar-refractivity contribution >= 4 is 21.8 Å². The van der Waals surface area contributed by atoms with Crippen molar-refractivity contribution in [1.29, 1.82) is 0 Å². The fourth-order valence-corrected chi connectivity index (χ4v) is 4.91. The van der Waals surface area contributed by atoms with E-state index in [1.54, 1.807) is 37.4 Å². The van der Waals surface area contributed by atoms with Crippen LogP contribution in [0.1, 0.15) is 17.7 Å². The van der Waals surface area contributed by atoms with E-state index in [-0.39, 0.29) is 24.5 Å². The number of nitrogens with one attached hydrogen (secondary N) is 2. The predicted octanol–water partition coefficient (Wildman–Crippen LogP) is 0.568. The lowest BCUT2D eigenvalue weighted by atomic mass is 10.2. The van der Waals surface area contributed by atoms with Gasteiger partial charge in [0.2, 0.25) is 10.0 Å². The molecule has 0 saturated carbocycles. The van der Waals surface area contributed by atoms with Gasteiger partial charge in [-0.3, -0.25) is 14.6 Å². The number of amides is 2. The van der Waals surface area contributed by atoms with Gasteiger partial charge in [0, 0.05) is 12.7 Å². The molecular formula is C21H26N4O6S. The van der Waals surface area contributed by atoms with Gasteiger partial charge in [0.25, 0.3) is 0 Å². The van der Waals surface area contributed by atoms with Crippen molar-refractivity contribution in [2.24, 2.45) is 0 Å². The summed E-state index contributed by atoms with van der Waals surface area (Å²) in [6.45, 7) is 2.28. The van der Waals surface area contributed by atoms with Gasteiger partial charge in [0.05, 0.1) is 37.4 Å². The minimum absolute atomic E-state index is 0.102. The molecule has 2 heterocycles. The van der Waals surface area contributed by atoms with Crippen LogP contribution in [0.5, 0.6) is 5.75 Å². The molecule has 1 atom stereocenters. The molecule has 1 saturated heterocycles. The molecule has 1 aliphatic rings. The summed E-state index contributed by atoms with van der Waals surface area (Å²) in [4.78, 5) is 28.4. The fourth-order valence-electron chi connectivity index (χ4n) is 3.26. The molecule has 2 amide bonds. The Balaban J connectivity index is 1.63. The van der Waals surface area contributed by atoms with Crippen LogP contribution in [0.15, 0.2) is 47.5 Å². The molecule has 3 rings (SSSR count). The summed E-state index contributed by atoms with van der Waals surface area (Å²) in [5.74, 6) is -1.14. The number of hydrogen-bond acceptors (Lipinski definition) is 7. The summed E-state index contributed by atoms with van der Waals surface area (Å²) in [6, 6.07) is 9.83. The summed E-state index contributed by atoms with van der Waals surface area (Å²) in [5, 5.41) is 4.92. The van der Waals surface area contributed by atoms with E-state index in [0.29, 0.717) is 30.0 Å². The van der Waals surface area contributed by atoms with E-state index in [2.05, 4.69) is 15.6 Å². The van der Waals surface area contributed by atoms with Gasteiger partial charge in [0.15, 0.2) is 0 Å². The third-order valence-corrected chi connectivity index (χ3v) is 6.81. The Morgan fingerprint density at radius 3 is 2.69 bits per heavy atom. The Hall–Kier alpha value is -3.02. The number of benzene rings is 1. The number of carbonyl (C=O) groups excluding carboxylic acids is 2. The molecule has 1 aromatic carbocycles. The molecule has 10 nitrogen and oxygen atoms in total. The SMILES string of the molecule is COc1ccc(S(=O)(=O)N2CCCO[C@@H]2CNC(=O)C(=O)NCc2ccccn2)cc1C. The van der Waals surface area contributed by atoms with E-state index in [1.807, 2.05) is 0 Å². The third kappa shape index (κ3) is 5.61. The number of methoxy groups -OCH3 is 1. The number of nitrogens with zero attached hydrogens (tertiary/aromatic N) is 2. The molecule has 2 aromatic rings. The molecule has 11 heteroatoms. The topological polar surface area (TPSA) is 127 Å². The molecular weight excluding hydrogens is 436 g/mol. The van der Waals surface area contributed by atoms with Gasteiger partial charge < -0.3 is 20.1 Å². The molecule has 32 heavy (non-hydrogen) atoms. The molecule has 0 radical (unpaired) electrons. The maximum Gasteiger partial charge on any atom is 0.309 e. The summed E-state index contributed by atoms with van der Waals surface area (Å²) in [7, 11) is -2.37. The first-order chi connectivity index (χ1) is 15.3. The van der Waals surface area contributed by atoms with Gasteiger partial charge in [-0.05, 0) is 49.2 Å². The second kappa shape index (κ2) is 10.5. The van der Waals surface area contributed by atoms with Gasteiger partial charge in [-0.15, -0.1) is 0 Å². The minimum Gasteiger partial charge on any atom is -0.496 e.